The Balaban J connectivity index is 0.00000392. The molecule has 160 valence electrons. The Morgan fingerprint density at radius 1 is 1.29 bits per heavy atom. The van der Waals surface area contributed by atoms with E-state index >= 15 is 0 Å². The van der Waals surface area contributed by atoms with Crippen LogP contribution in [0.3, 0.4) is 0 Å². The van der Waals surface area contributed by atoms with Crippen LogP contribution in [-0.2, 0) is 5.41 Å². The molecule has 1 aliphatic rings. The van der Waals surface area contributed by atoms with Gasteiger partial charge in [-0.3, -0.25) is 4.99 Å². The van der Waals surface area contributed by atoms with E-state index in [1.165, 1.54) is 50.9 Å². The summed E-state index contributed by atoms with van der Waals surface area (Å²) in [5.41, 5.74) is 1.24. The number of hydrogen-bond donors (Lipinski definition) is 2. The van der Waals surface area contributed by atoms with Gasteiger partial charge in [0, 0.05) is 38.1 Å². The topological polar surface area (TPSA) is 48.9 Å². The molecule has 1 aromatic carbocycles. The van der Waals surface area contributed by atoms with Crippen LogP contribution in [0, 0.1) is 0 Å². The smallest absolute Gasteiger partial charge is 0.191 e. The van der Waals surface area contributed by atoms with Crippen LogP contribution in [0.5, 0.6) is 5.75 Å². The Kier molecular flexibility index (Phi) is 11.2. The van der Waals surface area contributed by atoms with Crippen molar-refractivity contribution in [1.82, 2.24) is 15.5 Å². The molecule has 0 spiro atoms. The van der Waals surface area contributed by atoms with Gasteiger partial charge in [0.25, 0.3) is 0 Å². The van der Waals surface area contributed by atoms with Gasteiger partial charge in [-0.05, 0) is 43.5 Å². The molecule has 6 heteroatoms. The molecule has 0 amide bonds. The zero-order valence-corrected chi connectivity index (χ0v) is 20.6. The minimum Gasteiger partial charge on any atom is -0.497 e. The van der Waals surface area contributed by atoms with Crippen LogP contribution in [0.4, 0.5) is 0 Å². The molecule has 1 saturated heterocycles. The molecular weight excluding hydrogens is 463 g/mol. The van der Waals surface area contributed by atoms with E-state index in [0.29, 0.717) is 6.04 Å². The lowest BCUT2D eigenvalue weighted by Gasteiger charge is -2.33. The summed E-state index contributed by atoms with van der Waals surface area (Å²) in [6, 6.07) is 8.82. The van der Waals surface area contributed by atoms with Gasteiger partial charge < -0.3 is 20.3 Å². The Morgan fingerprint density at radius 2 is 2.00 bits per heavy atom. The summed E-state index contributed by atoms with van der Waals surface area (Å²) in [7, 11) is 3.56. The predicted octanol–water partition coefficient (Wildman–Crippen LogP) is 4.02. The second kappa shape index (κ2) is 12.5. The number of benzene rings is 1. The normalized spacial score (nSPS) is 16.4. The largest absolute Gasteiger partial charge is 0.497 e. The van der Waals surface area contributed by atoms with Gasteiger partial charge in [-0.25, -0.2) is 0 Å². The highest BCUT2D eigenvalue weighted by Crippen LogP contribution is 2.25. The fourth-order valence-electron chi connectivity index (χ4n) is 3.52. The first kappa shape index (κ1) is 25.0. The van der Waals surface area contributed by atoms with Crippen molar-refractivity contribution in [2.24, 2.45) is 4.99 Å². The molecule has 1 aromatic rings. The highest BCUT2D eigenvalue weighted by molar-refractivity contribution is 14.0. The van der Waals surface area contributed by atoms with Crippen LogP contribution in [0.1, 0.15) is 52.0 Å². The van der Waals surface area contributed by atoms with Gasteiger partial charge in [0.2, 0.25) is 0 Å². The molecule has 0 radical (unpaired) electrons. The number of halogens is 1. The standard InChI is InChI=1S/C22H38N4O.HI/c1-6-7-13-26-14-11-19(12-15-26)25-21(23-4)24-17-22(2,3)18-9-8-10-20(16-18)27-5;/h8-10,16,19H,6-7,11-15,17H2,1-5H3,(H2,23,24,25);1H. The minimum absolute atomic E-state index is 0. The van der Waals surface area contributed by atoms with E-state index in [1.54, 1.807) is 7.11 Å². The number of likely N-dealkylation sites (tertiary alicyclic amines) is 1. The molecule has 0 aliphatic carbocycles. The summed E-state index contributed by atoms with van der Waals surface area (Å²) in [5.74, 6) is 1.80. The second-order valence-corrected chi connectivity index (χ2v) is 8.16. The molecule has 5 nitrogen and oxygen atoms in total. The number of ether oxygens (including phenoxy) is 1. The lowest BCUT2D eigenvalue weighted by Crippen LogP contribution is -2.50. The molecule has 1 heterocycles. The maximum atomic E-state index is 5.37. The molecule has 2 rings (SSSR count). The van der Waals surface area contributed by atoms with E-state index in [2.05, 4.69) is 59.5 Å². The number of guanidine groups is 1. The maximum absolute atomic E-state index is 5.37. The average Bonchev–Trinajstić information content (AvgIpc) is 2.70. The lowest BCUT2D eigenvalue weighted by molar-refractivity contribution is 0.203. The zero-order chi connectivity index (χ0) is 19.7. The van der Waals surface area contributed by atoms with Crippen molar-refractivity contribution in [1.29, 1.82) is 0 Å². The molecule has 28 heavy (non-hydrogen) atoms. The third-order valence-corrected chi connectivity index (χ3v) is 5.53. The second-order valence-electron chi connectivity index (χ2n) is 8.16. The first-order valence-corrected chi connectivity index (χ1v) is 10.3. The Labute approximate surface area is 188 Å². The molecule has 2 N–H and O–H groups in total. The number of nitrogens with zero attached hydrogens (tertiary/aromatic N) is 2. The van der Waals surface area contributed by atoms with Crippen molar-refractivity contribution in [3.05, 3.63) is 29.8 Å². The first-order valence-electron chi connectivity index (χ1n) is 10.3. The molecule has 0 unspecified atom stereocenters. The van der Waals surface area contributed by atoms with Crippen LogP contribution in [0.25, 0.3) is 0 Å². The summed E-state index contributed by atoms with van der Waals surface area (Å²) in [6.45, 7) is 11.2. The van der Waals surface area contributed by atoms with E-state index < -0.39 is 0 Å². The SMILES string of the molecule is CCCCN1CCC(NC(=NC)NCC(C)(C)c2cccc(OC)c2)CC1.I. The highest BCUT2D eigenvalue weighted by Gasteiger charge is 2.23. The van der Waals surface area contributed by atoms with Gasteiger partial charge in [0.05, 0.1) is 7.11 Å². The number of rotatable bonds is 8. The van der Waals surface area contributed by atoms with Gasteiger partial charge in [-0.1, -0.05) is 39.3 Å². The summed E-state index contributed by atoms with van der Waals surface area (Å²) < 4.78 is 5.37. The van der Waals surface area contributed by atoms with E-state index in [-0.39, 0.29) is 29.4 Å². The maximum Gasteiger partial charge on any atom is 0.191 e. The van der Waals surface area contributed by atoms with Crippen LogP contribution in [0.15, 0.2) is 29.3 Å². The number of unbranched alkanes of at least 4 members (excludes halogenated alkanes) is 1. The molecule has 0 atom stereocenters. The minimum atomic E-state index is -0.0182. The summed E-state index contributed by atoms with van der Waals surface area (Å²) >= 11 is 0. The van der Waals surface area contributed by atoms with E-state index in [9.17, 15) is 0 Å². The molecule has 1 fully saturated rings. The summed E-state index contributed by atoms with van der Waals surface area (Å²) in [5, 5.41) is 7.14. The monoisotopic (exact) mass is 502 g/mol. The van der Waals surface area contributed by atoms with Gasteiger partial charge in [0.15, 0.2) is 5.96 Å². The quantitative estimate of drug-likeness (QED) is 0.320. The van der Waals surface area contributed by atoms with Crippen LogP contribution >= 0.6 is 24.0 Å². The summed E-state index contributed by atoms with van der Waals surface area (Å²) in [4.78, 5) is 7.02. The number of aliphatic imine (C=N–C) groups is 1. The number of hydrogen-bond acceptors (Lipinski definition) is 3. The van der Waals surface area contributed by atoms with Gasteiger partial charge in [-0.2, -0.15) is 0 Å². The average molecular weight is 502 g/mol. The van der Waals surface area contributed by atoms with Crippen LogP contribution in [0.2, 0.25) is 0 Å². The number of methoxy groups -OCH3 is 1. The van der Waals surface area contributed by atoms with E-state index in [4.69, 9.17) is 4.74 Å². The van der Waals surface area contributed by atoms with E-state index in [1.807, 2.05) is 13.1 Å². The van der Waals surface area contributed by atoms with Gasteiger partial charge >= 0.3 is 0 Å². The van der Waals surface area contributed by atoms with Crippen molar-refractivity contribution in [2.45, 2.75) is 57.9 Å². The van der Waals surface area contributed by atoms with Crippen LogP contribution < -0.4 is 15.4 Å². The fraction of sp³-hybridized carbons (Fsp3) is 0.682. The number of nitrogens with one attached hydrogen (secondary N) is 2. The first-order chi connectivity index (χ1) is 13.0. The molecule has 0 saturated carbocycles. The van der Waals surface area contributed by atoms with Crippen molar-refractivity contribution in [3.8, 4) is 5.75 Å². The third-order valence-electron chi connectivity index (χ3n) is 5.53. The van der Waals surface area contributed by atoms with Gasteiger partial charge in [0.1, 0.15) is 5.75 Å². The van der Waals surface area contributed by atoms with Crippen molar-refractivity contribution < 1.29 is 4.74 Å². The zero-order valence-electron chi connectivity index (χ0n) is 18.3. The Morgan fingerprint density at radius 3 is 2.61 bits per heavy atom. The molecule has 1 aliphatic heterocycles. The number of piperidine rings is 1. The lowest BCUT2D eigenvalue weighted by atomic mass is 9.84. The Bertz CT molecular complexity index is 598. The highest BCUT2D eigenvalue weighted by atomic mass is 127. The van der Waals surface area contributed by atoms with Crippen molar-refractivity contribution in [2.75, 3.05) is 40.3 Å². The predicted molar refractivity (Wildman–Crippen MR) is 130 cm³/mol. The van der Waals surface area contributed by atoms with Gasteiger partial charge in [-0.15, -0.1) is 24.0 Å². The molecular formula is C22H39IN4O. The summed E-state index contributed by atoms with van der Waals surface area (Å²) in [6.07, 6.45) is 4.95. The van der Waals surface area contributed by atoms with E-state index in [0.717, 1.165) is 18.3 Å². The Hall–Kier alpha value is -1.02. The fourth-order valence-corrected chi connectivity index (χ4v) is 3.52. The van der Waals surface area contributed by atoms with Crippen molar-refractivity contribution in [3.63, 3.8) is 0 Å². The molecule has 0 aromatic heterocycles. The molecule has 0 bridgehead atoms. The van der Waals surface area contributed by atoms with Crippen LogP contribution in [-0.4, -0.2) is 57.2 Å². The van der Waals surface area contributed by atoms with Crippen molar-refractivity contribution >= 4 is 29.9 Å². The third kappa shape index (κ3) is 7.78.